The zero-order chi connectivity index (χ0) is 21.4. The summed E-state index contributed by atoms with van der Waals surface area (Å²) < 4.78 is 0. The van der Waals surface area contributed by atoms with Gasteiger partial charge in [-0.25, -0.2) is 0 Å². The number of hydrazone groups is 1. The van der Waals surface area contributed by atoms with Crippen LogP contribution in [0.25, 0.3) is 11.1 Å². The lowest BCUT2D eigenvalue weighted by atomic mass is 10.0. The molecule has 0 spiro atoms. The summed E-state index contributed by atoms with van der Waals surface area (Å²) in [6.07, 6.45) is 0. The molecule has 0 atom stereocenters. The summed E-state index contributed by atoms with van der Waals surface area (Å²) in [6, 6.07) is 15.0. The number of carboxylic acids is 1. The molecule has 0 bridgehead atoms. The van der Waals surface area contributed by atoms with E-state index in [1.807, 2.05) is 6.07 Å². The van der Waals surface area contributed by atoms with E-state index in [2.05, 4.69) is 10.5 Å². The molecule has 0 fully saturated rings. The third-order valence-electron chi connectivity index (χ3n) is 4.67. The highest BCUT2D eigenvalue weighted by molar-refractivity contribution is 6.27. The standard InChI is InChI=1S/C20H12N4O6/c25-20(26)15-7-3-6-13-12-4-1-2-5-14(12)19(18(13)15)22-21-16-9-8-11(23(27)28)10-17(16)24(29)30/h1-10,21H,(H,25,26)/p-1/b22-19-. The van der Waals surface area contributed by atoms with Crippen molar-refractivity contribution in [2.45, 2.75) is 0 Å². The zero-order valence-corrected chi connectivity index (χ0v) is 15.1. The number of aromatic carboxylic acids is 1. The van der Waals surface area contributed by atoms with Gasteiger partial charge in [-0.3, -0.25) is 25.7 Å². The van der Waals surface area contributed by atoms with Gasteiger partial charge in [0.05, 0.1) is 27.6 Å². The molecule has 0 aliphatic heterocycles. The van der Waals surface area contributed by atoms with Crippen LogP contribution in [-0.2, 0) is 0 Å². The van der Waals surface area contributed by atoms with Crippen molar-refractivity contribution in [2.24, 2.45) is 5.10 Å². The number of hydrogen-bond donors (Lipinski definition) is 1. The third-order valence-corrected chi connectivity index (χ3v) is 4.67. The van der Waals surface area contributed by atoms with Crippen molar-refractivity contribution in [1.82, 2.24) is 0 Å². The quantitative estimate of drug-likeness (QED) is 0.397. The Morgan fingerprint density at radius 3 is 2.23 bits per heavy atom. The number of hydrogen-bond acceptors (Lipinski definition) is 8. The monoisotopic (exact) mass is 403 g/mol. The number of carbonyl (C=O) groups is 1. The van der Waals surface area contributed by atoms with E-state index in [1.165, 1.54) is 12.1 Å². The Morgan fingerprint density at radius 1 is 0.867 bits per heavy atom. The van der Waals surface area contributed by atoms with Crippen LogP contribution in [0.5, 0.6) is 0 Å². The van der Waals surface area contributed by atoms with E-state index in [0.717, 1.165) is 17.7 Å². The first-order valence-corrected chi connectivity index (χ1v) is 8.59. The van der Waals surface area contributed by atoms with E-state index >= 15 is 0 Å². The van der Waals surface area contributed by atoms with E-state index in [0.29, 0.717) is 16.7 Å². The van der Waals surface area contributed by atoms with Crippen LogP contribution in [0, 0.1) is 20.2 Å². The lowest BCUT2D eigenvalue weighted by Crippen LogP contribution is -2.24. The molecule has 3 aromatic rings. The van der Waals surface area contributed by atoms with E-state index in [1.54, 1.807) is 30.3 Å². The Kier molecular flexibility index (Phi) is 4.43. The summed E-state index contributed by atoms with van der Waals surface area (Å²) in [5, 5.41) is 38.1. The molecule has 10 nitrogen and oxygen atoms in total. The van der Waals surface area contributed by atoms with Gasteiger partial charge in [-0.15, -0.1) is 0 Å². The van der Waals surface area contributed by atoms with Crippen LogP contribution in [0.3, 0.4) is 0 Å². The SMILES string of the molecule is O=C([O-])c1cccc2c1/C(=N\Nc1ccc([N+](=O)[O-])cc1[N+](=O)[O-])c1ccccc1-2. The third kappa shape index (κ3) is 3.02. The number of carbonyl (C=O) groups excluding carboxylic acids is 1. The number of nitrogens with zero attached hydrogens (tertiary/aromatic N) is 3. The first-order chi connectivity index (χ1) is 14.4. The van der Waals surface area contributed by atoms with Crippen LogP contribution in [0.2, 0.25) is 0 Å². The van der Waals surface area contributed by atoms with Crippen molar-refractivity contribution >= 4 is 28.7 Å². The van der Waals surface area contributed by atoms with Gasteiger partial charge in [0.15, 0.2) is 0 Å². The molecule has 0 unspecified atom stereocenters. The molecule has 10 heteroatoms. The molecular weight excluding hydrogens is 392 g/mol. The Morgan fingerprint density at radius 2 is 1.57 bits per heavy atom. The zero-order valence-electron chi connectivity index (χ0n) is 15.1. The molecule has 30 heavy (non-hydrogen) atoms. The van der Waals surface area contributed by atoms with Crippen molar-refractivity contribution in [3.05, 3.63) is 97.6 Å². The Hall–Kier alpha value is -4.60. The molecular formula is C20H11N4O6-. The van der Waals surface area contributed by atoms with Crippen LogP contribution in [0.1, 0.15) is 21.5 Å². The molecule has 148 valence electrons. The molecule has 3 aromatic carbocycles. The fraction of sp³-hybridized carbons (Fsp3) is 0. The largest absolute Gasteiger partial charge is 0.545 e. The van der Waals surface area contributed by atoms with Crippen molar-refractivity contribution < 1.29 is 19.7 Å². The summed E-state index contributed by atoms with van der Waals surface area (Å²) in [6.45, 7) is 0. The van der Waals surface area contributed by atoms with Gasteiger partial charge >= 0.3 is 5.69 Å². The molecule has 0 radical (unpaired) electrons. The lowest BCUT2D eigenvalue weighted by Gasteiger charge is -2.10. The number of anilines is 1. The lowest BCUT2D eigenvalue weighted by molar-refractivity contribution is -0.393. The predicted octanol–water partition coefficient (Wildman–Crippen LogP) is 2.71. The van der Waals surface area contributed by atoms with Gasteiger partial charge in [-0.05, 0) is 17.2 Å². The van der Waals surface area contributed by atoms with Crippen molar-refractivity contribution in [3.8, 4) is 11.1 Å². The number of nitro groups is 2. The number of benzene rings is 3. The molecule has 1 aliphatic rings. The van der Waals surface area contributed by atoms with Crippen LogP contribution < -0.4 is 10.5 Å². The van der Waals surface area contributed by atoms with Crippen molar-refractivity contribution in [3.63, 3.8) is 0 Å². The average molecular weight is 403 g/mol. The maximum atomic E-state index is 11.6. The Balaban J connectivity index is 1.85. The molecule has 0 saturated carbocycles. The van der Waals surface area contributed by atoms with Crippen LogP contribution >= 0.6 is 0 Å². The Bertz CT molecular complexity index is 1270. The average Bonchev–Trinajstić information content (AvgIpc) is 3.05. The predicted molar refractivity (Wildman–Crippen MR) is 105 cm³/mol. The normalized spacial score (nSPS) is 12.9. The van der Waals surface area contributed by atoms with Crippen LogP contribution in [0.4, 0.5) is 17.1 Å². The first kappa shape index (κ1) is 18.7. The minimum absolute atomic E-state index is 0.0672. The van der Waals surface area contributed by atoms with Crippen LogP contribution in [0.15, 0.2) is 65.8 Å². The highest BCUT2D eigenvalue weighted by Crippen LogP contribution is 2.39. The fourth-order valence-electron chi connectivity index (χ4n) is 3.37. The highest BCUT2D eigenvalue weighted by Gasteiger charge is 2.28. The molecule has 1 N–H and O–H groups in total. The maximum absolute atomic E-state index is 11.6. The fourth-order valence-corrected chi connectivity index (χ4v) is 3.37. The first-order valence-electron chi connectivity index (χ1n) is 8.59. The molecule has 0 amide bonds. The van der Waals surface area contributed by atoms with Gasteiger partial charge in [0.25, 0.3) is 5.69 Å². The summed E-state index contributed by atoms with van der Waals surface area (Å²) in [5.74, 6) is -1.38. The van der Waals surface area contributed by atoms with Gasteiger partial charge in [0, 0.05) is 22.8 Å². The summed E-state index contributed by atoms with van der Waals surface area (Å²) >= 11 is 0. The van der Waals surface area contributed by atoms with Gasteiger partial charge < -0.3 is 9.90 Å². The number of non-ortho nitro benzene ring substituents is 1. The van der Waals surface area contributed by atoms with Crippen LogP contribution in [-0.4, -0.2) is 21.5 Å². The Labute approximate surface area is 168 Å². The second-order valence-electron chi connectivity index (χ2n) is 6.35. The number of carboxylic acid groups (broad SMARTS) is 1. The van der Waals surface area contributed by atoms with Gasteiger partial charge in [-0.2, -0.15) is 5.10 Å². The van der Waals surface area contributed by atoms with E-state index in [9.17, 15) is 30.1 Å². The highest BCUT2D eigenvalue weighted by atomic mass is 16.6. The second kappa shape index (κ2) is 7.09. The topological polar surface area (TPSA) is 151 Å². The summed E-state index contributed by atoms with van der Waals surface area (Å²) in [5.41, 5.74) is 4.09. The number of nitrogens with one attached hydrogen (secondary N) is 1. The van der Waals surface area contributed by atoms with Gasteiger partial charge in [0.2, 0.25) is 0 Å². The molecule has 0 heterocycles. The van der Waals surface area contributed by atoms with E-state index in [-0.39, 0.29) is 17.0 Å². The maximum Gasteiger partial charge on any atom is 0.301 e. The van der Waals surface area contributed by atoms with Crippen molar-refractivity contribution in [1.29, 1.82) is 0 Å². The molecule has 1 aliphatic carbocycles. The summed E-state index contributed by atoms with van der Waals surface area (Å²) in [4.78, 5) is 32.4. The number of fused-ring (bicyclic) bond motifs is 3. The smallest absolute Gasteiger partial charge is 0.301 e. The summed E-state index contributed by atoms with van der Waals surface area (Å²) in [7, 11) is 0. The molecule has 0 aromatic heterocycles. The molecule has 0 saturated heterocycles. The van der Waals surface area contributed by atoms with Gasteiger partial charge in [-0.1, -0.05) is 42.5 Å². The van der Waals surface area contributed by atoms with E-state index < -0.39 is 27.2 Å². The van der Waals surface area contributed by atoms with Crippen molar-refractivity contribution in [2.75, 3.05) is 5.43 Å². The van der Waals surface area contributed by atoms with Gasteiger partial charge in [0.1, 0.15) is 5.69 Å². The van der Waals surface area contributed by atoms with E-state index in [4.69, 9.17) is 0 Å². The number of rotatable bonds is 5. The number of nitro benzene ring substituents is 2. The second-order valence-corrected chi connectivity index (χ2v) is 6.35. The minimum atomic E-state index is -1.38. The minimum Gasteiger partial charge on any atom is -0.545 e. The molecule has 4 rings (SSSR count).